The van der Waals surface area contributed by atoms with Crippen LogP contribution in [0.15, 0.2) is 36.9 Å². The van der Waals surface area contributed by atoms with Gasteiger partial charge in [-0.2, -0.15) is 13.9 Å². The Hall–Kier alpha value is -1.67. The van der Waals surface area contributed by atoms with Gasteiger partial charge in [0.25, 0.3) is 0 Å². The average Bonchev–Trinajstić information content (AvgIpc) is 2.97. The van der Waals surface area contributed by atoms with Crippen molar-refractivity contribution < 1.29 is 22.3 Å². The molecule has 0 bridgehead atoms. The predicted molar refractivity (Wildman–Crippen MR) is 71.1 cm³/mol. The fourth-order valence-corrected chi connectivity index (χ4v) is 1.94. The van der Waals surface area contributed by atoms with Gasteiger partial charge in [-0.25, -0.2) is 13.8 Å². The third kappa shape index (κ3) is 4.41. The Morgan fingerprint density at radius 2 is 1.91 bits per heavy atom. The SMILES string of the molecule is FC(F)C(F)(F)OCC(Cn1cncn1)c1ccc(Cl)cc1. The highest BCUT2D eigenvalue weighted by Crippen LogP contribution is 2.28. The topological polar surface area (TPSA) is 39.9 Å². The van der Waals surface area contributed by atoms with Crippen molar-refractivity contribution in [3.8, 4) is 0 Å². The van der Waals surface area contributed by atoms with E-state index < -0.39 is 25.1 Å². The fourth-order valence-electron chi connectivity index (χ4n) is 1.82. The molecule has 0 saturated carbocycles. The van der Waals surface area contributed by atoms with Gasteiger partial charge in [-0.1, -0.05) is 23.7 Å². The van der Waals surface area contributed by atoms with Crippen LogP contribution < -0.4 is 0 Å². The molecule has 4 nitrogen and oxygen atoms in total. The maximum absolute atomic E-state index is 12.9. The summed E-state index contributed by atoms with van der Waals surface area (Å²) in [5.41, 5.74) is 0.616. The lowest BCUT2D eigenvalue weighted by Gasteiger charge is -2.21. The second kappa shape index (κ2) is 7.06. The molecule has 1 aromatic carbocycles. The molecule has 1 heterocycles. The van der Waals surface area contributed by atoms with Gasteiger partial charge in [0.1, 0.15) is 12.7 Å². The van der Waals surface area contributed by atoms with E-state index >= 15 is 0 Å². The van der Waals surface area contributed by atoms with Crippen LogP contribution in [0.3, 0.4) is 0 Å². The molecule has 1 aromatic heterocycles. The minimum absolute atomic E-state index is 0.154. The quantitative estimate of drug-likeness (QED) is 0.725. The van der Waals surface area contributed by atoms with E-state index in [0.717, 1.165) is 0 Å². The van der Waals surface area contributed by atoms with Gasteiger partial charge in [0.15, 0.2) is 0 Å². The average molecular weight is 338 g/mol. The molecule has 0 spiro atoms. The largest absolute Gasteiger partial charge is 0.416 e. The van der Waals surface area contributed by atoms with E-state index in [9.17, 15) is 17.6 Å². The lowest BCUT2D eigenvalue weighted by Crippen LogP contribution is -2.32. The highest BCUT2D eigenvalue weighted by Gasteiger charge is 2.42. The van der Waals surface area contributed by atoms with Crippen LogP contribution in [0.4, 0.5) is 17.6 Å². The van der Waals surface area contributed by atoms with E-state index in [1.807, 2.05) is 0 Å². The molecule has 2 rings (SSSR count). The van der Waals surface area contributed by atoms with Gasteiger partial charge in [0.2, 0.25) is 0 Å². The summed E-state index contributed by atoms with van der Waals surface area (Å²) in [5, 5.41) is 4.34. The van der Waals surface area contributed by atoms with Crippen molar-refractivity contribution in [1.82, 2.24) is 14.8 Å². The Morgan fingerprint density at radius 1 is 1.23 bits per heavy atom. The fraction of sp³-hybridized carbons (Fsp3) is 0.385. The van der Waals surface area contributed by atoms with Gasteiger partial charge < -0.3 is 4.74 Å². The highest BCUT2D eigenvalue weighted by atomic mass is 35.5. The van der Waals surface area contributed by atoms with Crippen LogP contribution in [0.2, 0.25) is 5.02 Å². The Bertz CT molecular complexity index is 577. The predicted octanol–water partition coefficient (Wildman–Crippen LogP) is 3.59. The van der Waals surface area contributed by atoms with Gasteiger partial charge in [0, 0.05) is 10.9 Å². The van der Waals surface area contributed by atoms with Crippen LogP contribution in [0.1, 0.15) is 11.5 Å². The maximum Gasteiger partial charge on any atom is 0.416 e. The third-order valence-corrected chi connectivity index (χ3v) is 3.20. The zero-order valence-electron chi connectivity index (χ0n) is 11.2. The molecule has 0 N–H and O–H groups in total. The number of rotatable bonds is 7. The molecule has 2 aromatic rings. The first-order chi connectivity index (χ1) is 10.4. The smallest absolute Gasteiger partial charge is 0.315 e. The van der Waals surface area contributed by atoms with Crippen molar-refractivity contribution in [3.05, 3.63) is 47.5 Å². The summed E-state index contributed by atoms with van der Waals surface area (Å²) in [6.07, 6.45) is -5.70. The number of ether oxygens (including phenoxy) is 1. The molecule has 1 atom stereocenters. The molecule has 1 unspecified atom stereocenters. The van der Waals surface area contributed by atoms with Crippen LogP contribution in [0, 0.1) is 0 Å². The van der Waals surface area contributed by atoms with E-state index in [4.69, 9.17) is 11.6 Å². The first kappa shape index (κ1) is 16.7. The Morgan fingerprint density at radius 3 is 2.45 bits per heavy atom. The number of aromatic nitrogens is 3. The van der Waals surface area contributed by atoms with Crippen LogP contribution in [-0.2, 0) is 11.3 Å². The molecule has 9 heteroatoms. The first-order valence-corrected chi connectivity index (χ1v) is 6.64. The number of alkyl halides is 4. The Labute approximate surface area is 128 Å². The second-order valence-corrected chi connectivity index (χ2v) is 4.98. The van der Waals surface area contributed by atoms with Crippen molar-refractivity contribution in [3.63, 3.8) is 0 Å². The van der Waals surface area contributed by atoms with Crippen molar-refractivity contribution in [1.29, 1.82) is 0 Å². The minimum Gasteiger partial charge on any atom is -0.315 e. The molecule has 0 radical (unpaired) electrons. The maximum atomic E-state index is 12.9. The van der Waals surface area contributed by atoms with E-state index in [-0.39, 0.29) is 6.54 Å². The van der Waals surface area contributed by atoms with E-state index in [2.05, 4.69) is 14.8 Å². The van der Waals surface area contributed by atoms with Crippen LogP contribution in [0.25, 0.3) is 0 Å². The summed E-state index contributed by atoms with van der Waals surface area (Å²) in [6.45, 7) is -0.445. The molecule has 0 saturated heterocycles. The number of hydrogen-bond acceptors (Lipinski definition) is 3. The molecule has 0 fully saturated rings. The van der Waals surface area contributed by atoms with Crippen molar-refractivity contribution >= 4 is 11.6 Å². The van der Waals surface area contributed by atoms with Gasteiger partial charge in [0.05, 0.1) is 13.2 Å². The lowest BCUT2D eigenvalue weighted by atomic mass is 10.00. The number of benzene rings is 1. The molecule has 120 valence electrons. The normalized spacial score (nSPS) is 13.5. The summed E-state index contributed by atoms with van der Waals surface area (Å²) in [6, 6.07) is 6.40. The number of hydrogen-bond donors (Lipinski definition) is 0. The first-order valence-electron chi connectivity index (χ1n) is 6.26. The third-order valence-electron chi connectivity index (χ3n) is 2.95. The van der Waals surface area contributed by atoms with Crippen molar-refractivity contribution in [2.45, 2.75) is 25.0 Å². The van der Waals surface area contributed by atoms with Gasteiger partial charge in [-0.05, 0) is 17.7 Å². The standard InChI is InChI=1S/C13H12ClF4N3O/c14-11-3-1-9(2-4-11)10(5-21-8-19-7-20-21)6-22-13(17,18)12(15)16/h1-4,7-8,10,12H,5-6H2. The molecule has 0 aliphatic carbocycles. The minimum atomic E-state index is -4.49. The summed E-state index contributed by atoms with van der Waals surface area (Å²) < 4.78 is 55.7. The van der Waals surface area contributed by atoms with Crippen molar-refractivity contribution in [2.24, 2.45) is 0 Å². The van der Waals surface area contributed by atoms with Crippen LogP contribution >= 0.6 is 11.6 Å². The van der Waals surface area contributed by atoms with Gasteiger partial charge >= 0.3 is 12.5 Å². The Balaban J connectivity index is 2.13. The molecular formula is C13H12ClF4N3O. The molecule has 0 amide bonds. The highest BCUT2D eigenvalue weighted by molar-refractivity contribution is 6.30. The van der Waals surface area contributed by atoms with E-state index in [1.165, 1.54) is 17.3 Å². The van der Waals surface area contributed by atoms with Gasteiger partial charge in [-0.15, -0.1) is 0 Å². The summed E-state index contributed by atoms with van der Waals surface area (Å²) >= 11 is 5.77. The van der Waals surface area contributed by atoms with Crippen molar-refractivity contribution in [2.75, 3.05) is 6.61 Å². The molecule has 0 aliphatic rings. The van der Waals surface area contributed by atoms with Crippen LogP contribution in [0.5, 0.6) is 0 Å². The lowest BCUT2D eigenvalue weighted by molar-refractivity contribution is -0.302. The van der Waals surface area contributed by atoms with Crippen LogP contribution in [-0.4, -0.2) is 33.9 Å². The molecule has 0 aliphatic heterocycles. The molecule has 22 heavy (non-hydrogen) atoms. The Kier molecular flexibility index (Phi) is 5.36. The van der Waals surface area contributed by atoms with E-state index in [1.54, 1.807) is 24.3 Å². The van der Waals surface area contributed by atoms with Gasteiger partial charge in [-0.3, -0.25) is 4.68 Å². The van der Waals surface area contributed by atoms with E-state index in [0.29, 0.717) is 10.6 Å². The monoisotopic (exact) mass is 337 g/mol. The molecular weight excluding hydrogens is 326 g/mol. The number of halogens is 5. The zero-order chi connectivity index (χ0) is 16.2. The summed E-state index contributed by atoms with van der Waals surface area (Å²) in [4.78, 5) is 3.74. The summed E-state index contributed by atoms with van der Waals surface area (Å²) in [7, 11) is 0. The summed E-state index contributed by atoms with van der Waals surface area (Å²) in [5.74, 6) is -0.608. The second-order valence-electron chi connectivity index (χ2n) is 4.54. The zero-order valence-corrected chi connectivity index (χ0v) is 11.9. The number of nitrogens with zero attached hydrogens (tertiary/aromatic N) is 3.